The second-order valence-electron chi connectivity index (χ2n) is 5.24. The maximum absolute atomic E-state index is 11.6. The Balaban J connectivity index is 2.63. The van der Waals surface area contributed by atoms with E-state index in [0.29, 0.717) is 23.7 Å². The average Bonchev–Trinajstić information content (AvgIpc) is 2.39. The molecule has 0 unspecified atom stereocenters. The normalized spacial score (nSPS) is 11.2. The highest BCUT2D eigenvalue weighted by atomic mass is 35.5. The molecule has 0 saturated heterocycles. The molecule has 110 valence electrons. The summed E-state index contributed by atoms with van der Waals surface area (Å²) in [5.41, 5.74) is 5.91. The molecule has 0 heterocycles. The lowest BCUT2D eigenvalue weighted by Gasteiger charge is -2.23. The third-order valence-electron chi connectivity index (χ3n) is 3.06. The summed E-state index contributed by atoms with van der Waals surface area (Å²) < 4.78 is 0. The minimum atomic E-state index is -0.507. The van der Waals surface area contributed by atoms with Crippen LogP contribution in [-0.4, -0.2) is 25.4 Å². The van der Waals surface area contributed by atoms with E-state index in [1.807, 2.05) is 13.8 Å². The maximum atomic E-state index is 11.6. The van der Waals surface area contributed by atoms with Gasteiger partial charge in [0.05, 0.1) is 5.41 Å². The number of hydrogen-bond donors (Lipinski definition) is 3. The highest BCUT2D eigenvalue weighted by Crippen LogP contribution is 2.19. The molecule has 6 heteroatoms. The van der Waals surface area contributed by atoms with Crippen molar-refractivity contribution in [3.63, 3.8) is 0 Å². The van der Waals surface area contributed by atoms with E-state index in [-0.39, 0.29) is 5.91 Å². The fourth-order valence-corrected chi connectivity index (χ4v) is 2.02. The summed E-state index contributed by atoms with van der Waals surface area (Å²) in [6.45, 7) is 4.74. The van der Waals surface area contributed by atoms with E-state index in [9.17, 15) is 9.59 Å². The average molecular weight is 298 g/mol. The Labute approximate surface area is 123 Å². The zero-order valence-corrected chi connectivity index (χ0v) is 12.7. The van der Waals surface area contributed by atoms with Gasteiger partial charge in [0, 0.05) is 30.7 Å². The van der Waals surface area contributed by atoms with Gasteiger partial charge < -0.3 is 16.4 Å². The predicted molar refractivity (Wildman–Crippen MR) is 79.5 cm³/mol. The molecule has 0 aliphatic carbocycles. The minimum Gasteiger partial charge on any atom is -0.366 e. The fourth-order valence-electron chi connectivity index (χ4n) is 1.77. The monoisotopic (exact) mass is 297 g/mol. The molecule has 0 bridgehead atoms. The number of nitrogens with one attached hydrogen (secondary N) is 2. The zero-order valence-electron chi connectivity index (χ0n) is 11.9. The molecule has 0 spiro atoms. The minimum absolute atomic E-state index is 0.0276. The second-order valence-corrected chi connectivity index (χ2v) is 5.64. The van der Waals surface area contributed by atoms with Crippen LogP contribution in [0.1, 0.15) is 29.8 Å². The molecule has 1 aromatic rings. The van der Waals surface area contributed by atoms with Crippen LogP contribution in [0.15, 0.2) is 18.2 Å². The van der Waals surface area contributed by atoms with Crippen LogP contribution in [-0.2, 0) is 11.3 Å². The van der Waals surface area contributed by atoms with E-state index in [4.69, 9.17) is 17.3 Å². The molecule has 1 aromatic carbocycles. The molecular weight excluding hydrogens is 278 g/mol. The zero-order chi connectivity index (χ0) is 15.3. The topological polar surface area (TPSA) is 84.2 Å². The SMILES string of the molecule is CNC(=O)C(C)(C)CNCc1ccc(C(N)=O)cc1Cl. The van der Waals surface area contributed by atoms with Gasteiger partial charge in [0.25, 0.3) is 0 Å². The molecule has 20 heavy (non-hydrogen) atoms. The Hall–Kier alpha value is -1.59. The van der Waals surface area contributed by atoms with Crippen molar-refractivity contribution in [3.05, 3.63) is 34.3 Å². The lowest BCUT2D eigenvalue weighted by molar-refractivity contribution is -0.128. The van der Waals surface area contributed by atoms with Gasteiger partial charge in [-0.05, 0) is 31.5 Å². The lowest BCUT2D eigenvalue weighted by atomic mass is 9.92. The van der Waals surface area contributed by atoms with E-state index >= 15 is 0 Å². The lowest BCUT2D eigenvalue weighted by Crippen LogP contribution is -2.41. The van der Waals surface area contributed by atoms with Gasteiger partial charge in [-0.3, -0.25) is 9.59 Å². The summed E-state index contributed by atoms with van der Waals surface area (Å²) in [6.07, 6.45) is 0. The molecule has 4 N–H and O–H groups in total. The summed E-state index contributed by atoms with van der Waals surface area (Å²) in [5, 5.41) is 6.29. The van der Waals surface area contributed by atoms with Crippen LogP contribution in [0, 0.1) is 5.41 Å². The van der Waals surface area contributed by atoms with Gasteiger partial charge in [-0.25, -0.2) is 0 Å². The van der Waals surface area contributed by atoms with E-state index in [2.05, 4.69) is 10.6 Å². The van der Waals surface area contributed by atoms with Crippen LogP contribution in [0.4, 0.5) is 0 Å². The third kappa shape index (κ3) is 4.21. The largest absolute Gasteiger partial charge is 0.366 e. The first-order valence-electron chi connectivity index (χ1n) is 6.29. The molecule has 0 aromatic heterocycles. The van der Waals surface area contributed by atoms with Crippen LogP contribution < -0.4 is 16.4 Å². The highest BCUT2D eigenvalue weighted by Gasteiger charge is 2.25. The number of carbonyl (C=O) groups excluding carboxylic acids is 2. The van der Waals surface area contributed by atoms with Crippen molar-refractivity contribution in [3.8, 4) is 0 Å². The Kier molecular flexibility index (Phi) is 5.53. The predicted octanol–water partition coefficient (Wildman–Crippen LogP) is 1.30. The summed E-state index contributed by atoms with van der Waals surface area (Å²) in [5.74, 6) is -0.535. The van der Waals surface area contributed by atoms with Crippen LogP contribution >= 0.6 is 11.6 Å². The molecule has 0 atom stereocenters. The quantitative estimate of drug-likeness (QED) is 0.740. The first-order chi connectivity index (χ1) is 9.27. The van der Waals surface area contributed by atoms with Gasteiger partial charge in [-0.1, -0.05) is 17.7 Å². The molecule has 0 aliphatic rings. The molecule has 0 fully saturated rings. The molecular formula is C14H20ClN3O2. The summed E-state index contributed by atoms with van der Waals surface area (Å²) >= 11 is 6.09. The van der Waals surface area contributed by atoms with Crippen molar-refractivity contribution in [2.45, 2.75) is 20.4 Å². The molecule has 0 saturated carbocycles. The van der Waals surface area contributed by atoms with Crippen LogP contribution in [0.5, 0.6) is 0 Å². The van der Waals surface area contributed by atoms with Gasteiger partial charge >= 0.3 is 0 Å². The molecule has 1 rings (SSSR count). The molecule has 5 nitrogen and oxygen atoms in total. The van der Waals surface area contributed by atoms with Crippen molar-refractivity contribution >= 4 is 23.4 Å². The Morgan fingerprint density at radius 1 is 1.35 bits per heavy atom. The van der Waals surface area contributed by atoms with Crippen molar-refractivity contribution in [1.82, 2.24) is 10.6 Å². The van der Waals surface area contributed by atoms with Gasteiger partial charge in [0.15, 0.2) is 0 Å². The van der Waals surface area contributed by atoms with Crippen LogP contribution in [0.2, 0.25) is 5.02 Å². The number of amides is 2. The molecule has 0 aliphatic heterocycles. The second kappa shape index (κ2) is 6.72. The van der Waals surface area contributed by atoms with Crippen molar-refractivity contribution in [2.24, 2.45) is 11.1 Å². The number of rotatable bonds is 6. The number of halogens is 1. The first-order valence-corrected chi connectivity index (χ1v) is 6.67. The van der Waals surface area contributed by atoms with E-state index in [1.54, 1.807) is 25.2 Å². The summed E-state index contributed by atoms with van der Waals surface area (Å²) in [4.78, 5) is 22.7. The van der Waals surface area contributed by atoms with Gasteiger partial charge in [0.1, 0.15) is 0 Å². The fraction of sp³-hybridized carbons (Fsp3) is 0.429. The van der Waals surface area contributed by atoms with Crippen LogP contribution in [0.3, 0.4) is 0 Å². The standard InChI is InChI=1S/C14H20ClN3O2/c1-14(2,13(20)17-3)8-18-7-10-5-4-9(12(16)19)6-11(10)15/h4-6,18H,7-8H2,1-3H3,(H2,16,19)(H,17,20). The Morgan fingerprint density at radius 2 is 2.00 bits per heavy atom. The van der Waals surface area contributed by atoms with Gasteiger partial charge in [-0.2, -0.15) is 0 Å². The van der Waals surface area contributed by atoms with Crippen molar-refractivity contribution in [1.29, 1.82) is 0 Å². The third-order valence-corrected chi connectivity index (χ3v) is 3.41. The van der Waals surface area contributed by atoms with E-state index in [0.717, 1.165) is 5.56 Å². The Bertz CT molecular complexity index is 515. The van der Waals surface area contributed by atoms with Crippen molar-refractivity contribution < 1.29 is 9.59 Å². The Morgan fingerprint density at radius 3 is 2.50 bits per heavy atom. The number of hydrogen-bond acceptors (Lipinski definition) is 3. The van der Waals surface area contributed by atoms with E-state index in [1.165, 1.54) is 0 Å². The summed E-state index contributed by atoms with van der Waals surface area (Å²) in [7, 11) is 1.61. The highest BCUT2D eigenvalue weighted by molar-refractivity contribution is 6.31. The van der Waals surface area contributed by atoms with E-state index < -0.39 is 11.3 Å². The molecule has 0 radical (unpaired) electrons. The van der Waals surface area contributed by atoms with Crippen LogP contribution in [0.25, 0.3) is 0 Å². The molecule has 2 amide bonds. The number of carbonyl (C=O) groups is 2. The summed E-state index contributed by atoms with van der Waals surface area (Å²) in [6, 6.07) is 4.93. The first kappa shape index (κ1) is 16.5. The maximum Gasteiger partial charge on any atom is 0.248 e. The number of benzene rings is 1. The van der Waals surface area contributed by atoms with Gasteiger partial charge in [0.2, 0.25) is 11.8 Å². The van der Waals surface area contributed by atoms with Gasteiger partial charge in [-0.15, -0.1) is 0 Å². The number of primary amides is 1. The smallest absolute Gasteiger partial charge is 0.248 e. The number of nitrogens with two attached hydrogens (primary N) is 1. The van der Waals surface area contributed by atoms with Crippen molar-refractivity contribution in [2.75, 3.05) is 13.6 Å².